The number of rotatable bonds is 12. The standard InChI is InChI=1S/C25H36N4O4/c1-16(2)6-5-7-17(3)27-23(30)11-10-22-24(31)29(25(32)28-22)13-12-18-15-26-21-9-8-19(33-4)14-20(18)21/h8-9,14-17,22,26H,5-7,10-13H2,1-4H3,(H,27,30)(H,28,32)/t17-,22-/m0/s1. The van der Waals surface area contributed by atoms with Crippen LogP contribution in [0, 0.1) is 5.92 Å². The SMILES string of the molecule is COc1ccc2[nH]cc(CCN3C(=O)N[C@@H](CCC(=O)N[C@@H](C)CCCC(C)C)C3=O)c2c1. The lowest BCUT2D eigenvalue weighted by atomic mass is 10.0. The van der Waals surface area contributed by atoms with Crippen LogP contribution in [-0.2, 0) is 16.0 Å². The van der Waals surface area contributed by atoms with Gasteiger partial charge in [-0.1, -0.05) is 26.7 Å². The molecule has 1 aromatic carbocycles. The summed E-state index contributed by atoms with van der Waals surface area (Å²) in [5.74, 6) is 1.06. The van der Waals surface area contributed by atoms with Crippen molar-refractivity contribution in [3.05, 3.63) is 30.0 Å². The van der Waals surface area contributed by atoms with Gasteiger partial charge in [-0.25, -0.2) is 4.79 Å². The Hall–Kier alpha value is -3.03. The van der Waals surface area contributed by atoms with E-state index in [4.69, 9.17) is 4.74 Å². The monoisotopic (exact) mass is 456 g/mol. The van der Waals surface area contributed by atoms with E-state index in [0.29, 0.717) is 18.8 Å². The number of carbonyl (C=O) groups excluding carboxylic acids is 3. The molecule has 1 aromatic heterocycles. The van der Waals surface area contributed by atoms with Crippen LogP contribution in [-0.4, -0.2) is 53.5 Å². The van der Waals surface area contributed by atoms with E-state index < -0.39 is 12.1 Å². The van der Waals surface area contributed by atoms with Crippen molar-refractivity contribution in [3.63, 3.8) is 0 Å². The highest BCUT2D eigenvalue weighted by Gasteiger charge is 2.37. The van der Waals surface area contributed by atoms with Crippen molar-refractivity contribution in [1.82, 2.24) is 20.5 Å². The van der Waals surface area contributed by atoms with Crippen LogP contribution in [0.25, 0.3) is 10.9 Å². The molecule has 2 aromatic rings. The molecule has 8 nitrogen and oxygen atoms in total. The van der Waals surface area contributed by atoms with Gasteiger partial charge in [0, 0.05) is 36.1 Å². The van der Waals surface area contributed by atoms with Gasteiger partial charge in [0.05, 0.1) is 7.11 Å². The summed E-state index contributed by atoms with van der Waals surface area (Å²) in [6, 6.07) is 4.83. The van der Waals surface area contributed by atoms with Crippen LogP contribution in [0.2, 0.25) is 0 Å². The number of fused-ring (bicyclic) bond motifs is 1. The summed E-state index contributed by atoms with van der Waals surface area (Å²) in [7, 11) is 1.62. The zero-order valence-corrected chi connectivity index (χ0v) is 20.1. The van der Waals surface area contributed by atoms with Gasteiger partial charge in [-0.05, 0) is 55.9 Å². The fourth-order valence-electron chi connectivity index (χ4n) is 4.23. The molecule has 2 atom stereocenters. The number of nitrogens with zero attached hydrogens (tertiary/aromatic N) is 1. The van der Waals surface area contributed by atoms with Gasteiger partial charge in [0.2, 0.25) is 5.91 Å². The third-order valence-corrected chi connectivity index (χ3v) is 6.17. The topological polar surface area (TPSA) is 104 Å². The molecule has 8 heteroatoms. The molecule has 3 N–H and O–H groups in total. The van der Waals surface area contributed by atoms with E-state index in [1.807, 2.05) is 31.3 Å². The second kappa shape index (κ2) is 11.2. The van der Waals surface area contributed by atoms with E-state index in [2.05, 4.69) is 29.5 Å². The summed E-state index contributed by atoms with van der Waals surface area (Å²) >= 11 is 0. The number of hydrogen-bond acceptors (Lipinski definition) is 4. The Balaban J connectivity index is 1.47. The predicted molar refractivity (Wildman–Crippen MR) is 128 cm³/mol. The molecule has 1 saturated heterocycles. The van der Waals surface area contributed by atoms with Crippen LogP contribution < -0.4 is 15.4 Å². The van der Waals surface area contributed by atoms with Gasteiger partial charge in [-0.2, -0.15) is 0 Å². The van der Waals surface area contributed by atoms with Crippen molar-refractivity contribution in [2.45, 2.75) is 71.4 Å². The molecule has 4 amide bonds. The zero-order valence-electron chi connectivity index (χ0n) is 20.1. The first-order chi connectivity index (χ1) is 15.8. The van der Waals surface area contributed by atoms with Crippen LogP contribution in [0.4, 0.5) is 4.79 Å². The third-order valence-electron chi connectivity index (χ3n) is 6.17. The Morgan fingerprint density at radius 1 is 1.21 bits per heavy atom. The highest BCUT2D eigenvalue weighted by molar-refractivity contribution is 6.04. The van der Waals surface area contributed by atoms with E-state index in [-0.39, 0.29) is 30.8 Å². The van der Waals surface area contributed by atoms with Gasteiger partial charge in [0.15, 0.2) is 0 Å². The predicted octanol–water partition coefficient (Wildman–Crippen LogP) is 3.75. The van der Waals surface area contributed by atoms with Crippen molar-refractivity contribution in [3.8, 4) is 5.75 Å². The maximum absolute atomic E-state index is 12.8. The minimum atomic E-state index is -0.650. The Morgan fingerprint density at radius 3 is 2.73 bits per heavy atom. The van der Waals surface area contributed by atoms with Crippen molar-refractivity contribution in [2.24, 2.45) is 5.92 Å². The van der Waals surface area contributed by atoms with Crippen molar-refractivity contribution < 1.29 is 19.1 Å². The molecule has 0 spiro atoms. The summed E-state index contributed by atoms with van der Waals surface area (Å²) in [5, 5.41) is 6.73. The molecule has 2 heterocycles. The second-order valence-electron chi connectivity index (χ2n) is 9.30. The van der Waals surface area contributed by atoms with Gasteiger partial charge in [0.1, 0.15) is 11.8 Å². The quantitative estimate of drug-likeness (QED) is 0.423. The van der Waals surface area contributed by atoms with E-state index in [1.165, 1.54) is 4.90 Å². The maximum Gasteiger partial charge on any atom is 0.324 e. The molecule has 0 radical (unpaired) electrons. The van der Waals surface area contributed by atoms with Crippen LogP contribution in [0.1, 0.15) is 58.4 Å². The van der Waals surface area contributed by atoms with E-state index >= 15 is 0 Å². The average molecular weight is 457 g/mol. The van der Waals surface area contributed by atoms with Crippen LogP contribution in [0.15, 0.2) is 24.4 Å². The van der Waals surface area contributed by atoms with Crippen molar-refractivity contribution >= 4 is 28.7 Å². The molecule has 33 heavy (non-hydrogen) atoms. The van der Waals surface area contributed by atoms with Crippen molar-refractivity contribution in [2.75, 3.05) is 13.7 Å². The number of hydrogen-bond donors (Lipinski definition) is 3. The van der Waals surface area contributed by atoms with Crippen molar-refractivity contribution in [1.29, 1.82) is 0 Å². The number of carbonyl (C=O) groups is 3. The summed E-state index contributed by atoms with van der Waals surface area (Å²) < 4.78 is 5.30. The number of nitrogens with one attached hydrogen (secondary N) is 3. The number of urea groups is 1. The number of benzene rings is 1. The van der Waals surface area contributed by atoms with Crippen LogP contribution in [0.5, 0.6) is 5.75 Å². The first kappa shape index (κ1) is 24.6. The summed E-state index contributed by atoms with van der Waals surface area (Å²) in [6.07, 6.45) is 6.10. The Morgan fingerprint density at radius 2 is 2.00 bits per heavy atom. The third kappa shape index (κ3) is 6.49. The first-order valence-electron chi connectivity index (χ1n) is 11.8. The van der Waals surface area contributed by atoms with Gasteiger partial charge in [-0.3, -0.25) is 14.5 Å². The number of aromatic nitrogens is 1. The summed E-state index contributed by atoms with van der Waals surface area (Å²) in [5.41, 5.74) is 1.99. The van der Waals surface area contributed by atoms with Gasteiger partial charge < -0.3 is 20.4 Å². The minimum Gasteiger partial charge on any atom is -0.497 e. The molecule has 0 unspecified atom stereocenters. The molecule has 1 fully saturated rings. The lowest BCUT2D eigenvalue weighted by molar-refractivity contribution is -0.127. The fraction of sp³-hybridized carbons (Fsp3) is 0.560. The second-order valence-corrected chi connectivity index (χ2v) is 9.30. The lowest BCUT2D eigenvalue weighted by Gasteiger charge is -2.15. The molecular weight excluding hydrogens is 420 g/mol. The molecule has 1 aliphatic rings. The first-order valence-corrected chi connectivity index (χ1v) is 11.8. The normalized spacial score (nSPS) is 17.0. The average Bonchev–Trinajstić information content (AvgIpc) is 3.29. The number of imide groups is 1. The Bertz CT molecular complexity index is 984. The lowest BCUT2D eigenvalue weighted by Crippen LogP contribution is -2.35. The van der Waals surface area contributed by atoms with E-state index in [0.717, 1.165) is 41.5 Å². The smallest absolute Gasteiger partial charge is 0.324 e. The number of methoxy groups -OCH3 is 1. The highest BCUT2D eigenvalue weighted by Crippen LogP contribution is 2.24. The maximum atomic E-state index is 12.8. The molecule has 180 valence electrons. The minimum absolute atomic E-state index is 0.0831. The zero-order chi connectivity index (χ0) is 24.0. The van der Waals surface area contributed by atoms with Gasteiger partial charge in [-0.15, -0.1) is 0 Å². The van der Waals surface area contributed by atoms with Gasteiger partial charge in [0.25, 0.3) is 5.91 Å². The number of amides is 4. The molecule has 3 rings (SSSR count). The Kier molecular flexibility index (Phi) is 8.36. The molecule has 0 aliphatic carbocycles. The number of H-pyrrole nitrogens is 1. The van der Waals surface area contributed by atoms with Crippen LogP contribution in [0.3, 0.4) is 0 Å². The van der Waals surface area contributed by atoms with E-state index in [9.17, 15) is 14.4 Å². The molecule has 0 bridgehead atoms. The summed E-state index contributed by atoms with van der Waals surface area (Å²) in [6.45, 7) is 6.67. The summed E-state index contributed by atoms with van der Waals surface area (Å²) in [4.78, 5) is 41.9. The largest absolute Gasteiger partial charge is 0.497 e. The Labute approximate surface area is 195 Å². The number of ether oxygens (including phenoxy) is 1. The highest BCUT2D eigenvalue weighted by atomic mass is 16.5. The van der Waals surface area contributed by atoms with Crippen LogP contribution >= 0.6 is 0 Å². The molecular formula is C25H36N4O4. The fourth-order valence-corrected chi connectivity index (χ4v) is 4.23. The van der Waals surface area contributed by atoms with E-state index in [1.54, 1.807) is 7.11 Å². The number of aromatic amines is 1. The van der Waals surface area contributed by atoms with Gasteiger partial charge >= 0.3 is 6.03 Å². The molecule has 0 saturated carbocycles. The molecule has 1 aliphatic heterocycles.